The van der Waals surface area contributed by atoms with E-state index in [0.717, 1.165) is 32.0 Å². The number of piperidine rings is 1. The van der Waals surface area contributed by atoms with Crippen molar-refractivity contribution in [3.63, 3.8) is 0 Å². The van der Waals surface area contributed by atoms with Gasteiger partial charge < -0.3 is 19.3 Å². The van der Waals surface area contributed by atoms with Crippen LogP contribution in [0.4, 0.5) is 0 Å². The first kappa shape index (κ1) is 21.5. The topological polar surface area (TPSA) is 56.9 Å². The maximum absolute atomic E-state index is 13.0. The lowest BCUT2D eigenvalue weighted by Crippen LogP contribution is -2.47. The number of carbonyl (C=O) groups is 1. The fraction of sp³-hybridized carbons (Fsp3) is 0.720. The average Bonchev–Trinajstić information content (AvgIpc) is 3.34. The van der Waals surface area contributed by atoms with Gasteiger partial charge in [0.25, 0.3) is 5.91 Å². The molecule has 1 atom stereocenters. The Morgan fingerprint density at radius 3 is 2.73 bits per heavy atom. The van der Waals surface area contributed by atoms with Crippen LogP contribution in [0.25, 0.3) is 0 Å². The fourth-order valence-corrected chi connectivity index (χ4v) is 5.53. The zero-order valence-corrected chi connectivity index (χ0v) is 18.6. The van der Waals surface area contributed by atoms with E-state index in [1.165, 1.54) is 58.0 Å². The molecule has 5 nitrogen and oxygen atoms in total. The van der Waals surface area contributed by atoms with Gasteiger partial charge in [-0.05, 0) is 76.5 Å². The highest BCUT2D eigenvalue weighted by Gasteiger charge is 2.43. The van der Waals surface area contributed by atoms with Crippen molar-refractivity contribution in [2.24, 2.45) is 11.3 Å². The Hall–Kier alpha value is -1.77. The van der Waals surface area contributed by atoms with Crippen molar-refractivity contribution in [2.45, 2.75) is 70.8 Å². The molecule has 2 saturated heterocycles. The van der Waals surface area contributed by atoms with Gasteiger partial charge in [0.05, 0.1) is 0 Å². The standard InChI is InChI=1S/C25H36N2O3/c1-24(2,29)13-11-21-9-10-22(30-21)23(28)27-16-14-25(19-27)12-6-15-26(18-25)17-20-7-4-3-5-8-20/h9-10,20,29H,3-8,12,14-19H2,1-2H3. The van der Waals surface area contributed by atoms with Crippen LogP contribution < -0.4 is 0 Å². The number of nitrogens with zero attached hydrogens (tertiary/aromatic N) is 2. The second-order valence-electron chi connectivity index (χ2n) is 10.3. The Morgan fingerprint density at radius 1 is 1.17 bits per heavy atom. The van der Waals surface area contributed by atoms with Crippen LogP contribution in [0.1, 0.15) is 81.5 Å². The SMILES string of the molecule is CC(C)(O)C#Cc1ccc(C(=O)N2CCC3(CCCN(CC4CCCCC4)C3)C2)o1. The molecule has 1 N–H and O–H groups in total. The summed E-state index contributed by atoms with van der Waals surface area (Å²) in [6.45, 7) is 8.49. The molecule has 1 aliphatic carbocycles. The van der Waals surface area contributed by atoms with Crippen LogP contribution >= 0.6 is 0 Å². The summed E-state index contributed by atoms with van der Waals surface area (Å²) >= 11 is 0. The predicted molar refractivity (Wildman–Crippen MR) is 117 cm³/mol. The Balaban J connectivity index is 1.35. The number of carbonyl (C=O) groups excluding carboxylic acids is 1. The molecule has 4 rings (SSSR count). The molecule has 3 aliphatic rings. The molecule has 3 heterocycles. The first-order valence-electron chi connectivity index (χ1n) is 11.7. The first-order chi connectivity index (χ1) is 14.3. The molecule has 0 radical (unpaired) electrons. The largest absolute Gasteiger partial charge is 0.443 e. The lowest BCUT2D eigenvalue weighted by atomic mass is 9.78. The maximum Gasteiger partial charge on any atom is 0.289 e. The van der Waals surface area contributed by atoms with E-state index in [1.807, 2.05) is 4.90 Å². The number of hydrogen-bond acceptors (Lipinski definition) is 4. The van der Waals surface area contributed by atoms with Gasteiger partial charge in [0.2, 0.25) is 0 Å². The lowest BCUT2D eigenvalue weighted by molar-refractivity contribution is 0.0611. The number of aliphatic hydroxyl groups is 1. The monoisotopic (exact) mass is 412 g/mol. The van der Waals surface area contributed by atoms with E-state index < -0.39 is 5.60 Å². The molecule has 1 amide bonds. The molecular formula is C25H36N2O3. The van der Waals surface area contributed by atoms with Gasteiger partial charge in [-0.2, -0.15) is 0 Å². The number of hydrogen-bond donors (Lipinski definition) is 1. The van der Waals surface area contributed by atoms with Gasteiger partial charge in [-0.15, -0.1) is 0 Å². The van der Waals surface area contributed by atoms with Crippen molar-refractivity contribution in [1.82, 2.24) is 9.80 Å². The van der Waals surface area contributed by atoms with Crippen LogP contribution in [0, 0.1) is 23.2 Å². The van der Waals surface area contributed by atoms with Gasteiger partial charge in [-0.3, -0.25) is 4.79 Å². The summed E-state index contributed by atoms with van der Waals surface area (Å²) in [5.74, 6) is 7.14. The lowest BCUT2D eigenvalue weighted by Gasteiger charge is -2.42. The van der Waals surface area contributed by atoms with Crippen LogP contribution in [-0.4, -0.2) is 59.1 Å². The quantitative estimate of drug-likeness (QED) is 0.765. The number of likely N-dealkylation sites (tertiary alicyclic amines) is 2. The summed E-state index contributed by atoms with van der Waals surface area (Å²) in [5, 5.41) is 9.74. The van der Waals surface area contributed by atoms with Crippen molar-refractivity contribution in [1.29, 1.82) is 0 Å². The predicted octanol–water partition coefficient (Wildman–Crippen LogP) is 3.91. The van der Waals surface area contributed by atoms with E-state index in [4.69, 9.17) is 4.42 Å². The Morgan fingerprint density at radius 2 is 1.97 bits per heavy atom. The highest BCUT2D eigenvalue weighted by atomic mass is 16.4. The molecule has 1 spiro atoms. The van der Waals surface area contributed by atoms with Crippen molar-refractivity contribution in [3.05, 3.63) is 23.7 Å². The second-order valence-corrected chi connectivity index (χ2v) is 10.3. The van der Waals surface area contributed by atoms with E-state index in [-0.39, 0.29) is 11.3 Å². The molecule has 30 heavy (non-hydrogen) atoms. The molecule has 0 aromatic carbocycles. The highest BCUT2D eigenvalue weighted by Crippen LogP contribution is 2.40. The Bertz CT molecular complexity index is 806. The van der Waals surface area contributed by atoms with Crippen molar-refractivity contribution in [2.75, 3.05) is 32.7 Å². The maximum atomic E-state index is 13.0. The summed E-state index contributed by atoms with van der Waals surface area (Å²) in [7, 11) is 0. The van der Waals surface area contributed by atoms with Gasteiger partial charge in [-0.25, -0.2) is 0 Å². The molecule has 2 aliphatic heterocycles. The van der Waals surface area contributed by atoms with Crippen LogP contribution in [-0.2, 0) is 0 Å². The molecule has 5 heteroatoms. The van der Waals surface area contributed by atoms with Crippen LogP contribution in [0.2, 0.25) is 0 Å². The molecule has 1 aromatic rings. The van der Waals surface area contributed by atoms with E-state index in [1.54, 1.807) is 26.0 Å². The molecule has 1 saturated carbocycles. The summed E-state index contributed by atoms with van der Waals surface area (Å²) in [4.78, 5) is 17.7. The Labute approximate surface area is 180 Å². The van der Waals surface area contributed by atoms with Crippen molar-refractivity contribution >= 4 is 5.91 Å². The van der Waals surface area contributed by atoms with E-state index in [9.17, 15) is 9.90 Å². The minimum atomic E-state index is -1.08. The molecule has 164 valence electrons. The minimum Gasteiger partial charge on any atom is -0.443 e. The average molecular weight is 413 g/mol. The highest BCUT2D eigenvalue weighted by molar-refractivity contribution is 5.91. The fourth-order valence-electron chi connectivity index (χ4n) is 5.53. The van der Waals surface area contributed by atoms with Gasteiger partial charge in [0.15, 0.2) is 11.5 Å². The first-order valence-corrected chi connectivity index (χ1v) is 11.7. The smallest absolute Gasteiger partial charge is 0.289 e. The summed E-state index contributed by atoms with van der Waals surface area (Å²) < 4.78 is 5.66. The minimum absolute atomic E-state index is 0.0346. The molecule has 1 unspecified atom stereocenters. The third kappa shape index (κ3) is 5.28. The summed E-state index contributed by atoms with van der Waals surface area (Å²) in [6.07, 6.45) is 10.6. The molecule has 1 aromatic heterocycles. The Kier molecular flexibility index (Phi) is 6.27. The second kappa shape index (κ2) is 8.77. The third-order valence-electron chi connectivity index (χ3n) is 7.02. The number of amides is 1. The normalized spacial score (nSPS) is 26.0. The van der Waals surface area contributed by atoms with Crippen LogP contribution in [0.15, 0.2) is 16.5 Å². The van der Waals surface area contributed by atoms with Gasteiger partial charge >= 0.3 is 0 Å². The summed E-state index contributed by atoms with van der Waals surface area (Å²) in [6, 6.07) is 3.42. The van der Waals surface area contributed by atoms with E-state index >= 15 is 0 Å². The van der Waals surface area contributed by atoms with E-state index in [2.05, 4.69) is 16.7 Å². The molecular weight excluding hydrogens is 376 g/mol. The molecule has 0 bridgehead atoms. The zero-order chi connectivity index (χ0) is 21.2. The van der Waals surface area contributed by atoms with Gasteiger partial charge in [0.1, 0.15) is 5.60 Å². The van der Waals surface area contributed by atoms with Crippen LogP contribution in [0.5, 0.6) is 0 Å². The number of furan rings is 1. The van der Waals surface area contributed by atoms with Crippen LogP contribution in [0.3, 0.4) is 0 Å². The van der Waals surface area contributed by atoms with Gasteiger partial charge in [0, 0.05) is 31.6 Å². The van der Waals surface area contributed by atoms with E-state index in [0.29, 0.717) is 11.5 Å². The van der Waals surface area contributed by atoms with Crippen molar-refractivity contribution in [3.8, 4) is 11.8 Å². The van der Waals surface area contributed by atoms with Gasteiger partial charge in [-0.1, -0.05) is 25.2 Å². The number of rotatable bonds is 3. The summed E-state index contributed by atoms with van der Waals surface area (Å²) in [5.41, 5.74) is -0.832. The molecule has 3 fully saturated rings. The third-order valence-corrected chi connectivity index (χ3v) is 7.02. The zero-order valence-electron chi connectivity index (χ0n) is 18.6. The van der Waals surface area contributed by atoms with Crippen molar-refractivity contribution < 1.29 is 14.3 Å².